The summed E-state index contributed by atoms with van der Waals surface area (Å²) < 4.78 is 1.19. The first kappa shape index (κ1) is 11.2. The van der Waals surface area contributed by atoms with E-state index in [1.165, 1.54) is 10.9 Å². The van der Waals surface area contributed by atoms with Crippen LogP contribution in [-0.2, 0) is 4.79 Å². The summed E-state index contributed by atoms with van der Waals surface area (Å²) in [7, 11) is 0. The van der Waals surface area contributed by atoms with Crippen molar-refractivity contribution >= 4 is 17.7 Å². The van der Waals surface area contributed by atoms with Crippen LogP contribution in [0.3, 0.4) is 0 Å². The first-order chi connectivity index (χ1) is 7.13. The summed E-state index contributed by atoms with van der Waals surface area (Å²) in [4.78, 5) is 11.3. The fourth-order valence-corrected chi connectivity index (χ4v) is 1.07. The zero-order chi connectivity index (χ0) is 11.3. The maximum Gasteiger partial charge on any atom is 0.225 e. The molecular formula is C9H15N5O. The molecule has 0 radical (unpaired) electrons. The van der Waals surface area contributed by atoms with Crippen LogP contribution in [0.1, 0.15) is 26.2 Å². The number of nitrogens with one attached hydrogen (secondary N) is 2. The quantitative estimate of drug-likeness (QED) is 0.504. The average molecular weight is 209 g/mol. The lowest BCUT2D eigenvalue weighted by Gasteiger charge is -2.00. The molecule has 0 aliphatic heterocycles. The van der Waals surface area contributed by atoms with Crippen molar-refractivity contribution in [2.75, 3.05) is 5.32 Å². The first-order valence-electron chi connectivity index (χ1n) is 4.83. The highest BCUT2D eigenvalue weighted by Gasteiger charge is 2.04. The summed E-state index contributed by atoms with van der Waals surface area (Å²) >= 11 is 0. The minimum Gasteiger partial charge on any atom is -0.368 e. The molecule has 0 aromatic carbocycles. The molecule has 6 heteroatoms. The third-order valence-electron chi connectivity index (χ3n) is 1.86. The van der Waals surface area contributed by atoms with Crippen LogP contribution in [0, 0.1) is 5.41 Å². The van der Waals surface area contributed by atoms with Crippen LogP contribution < -0.4 is 11.1 Å². The molecule has 0 atom stereocenters. The van der Waals surface area contributed by atoms with Gasteiger partial charge in [0.1, 0.15) is 0 Å². The van der Waals surface area contributed by atoms with Crippen molar-refractivity contribution in [2.45, 2.75) is 26.2 Å². The Kier molecular flexibility index (Phi) is 3.84. The smallest absolute Gasteiger partial charge is 0.225 e. The number of nitrogens with zero attached hydrogens (tertiary/aromatic N) is 2. The van der Waals surface area contributed by atoms with Gasteiger partial charge in [0.25, 0.3) is 0 Å². The molecule has 1 aromatic heterocycles. The highest BCUT2D eigenvalue weighted by atomic mass is 16.1. The predicted octanol–water partition coefficient (Wildman–Crippen LogP) is 0.753. The number of anilines is 1. The maximum atomic E-state index is 11.3. The molecular weight excluding hydrogens is 194 g/mol. The Morgan fingerprint density at radius 2 is 2.47 bits per heavy atom. The lowest BCUT2D eigenvalue weighted by Crippen LogP contribution is -2.21. The summed E-state index contributed by atoms with van der Waals surface area (Å²) in [6.45, 7) is 2.03. The molecule has 0 saturated carbocycles. The zero-order valence-electron chi connectivity index (χ0n) is 8.66. The molecule has 0 saturated heterocycles. The monoisotopic (exact) mass is 209 g/mol. The summed E-state index contributed by atoms with van der Waals surface area (Å²) in [6, 6.07) is 1.60. The predicted molar refractivity (Wildman–Crippen MR) is 57.7 cm³/mol. The molecule has 1 rings (SSSR count). The lowest BCUT2D eigenvalue weighted by atomic mass is 10.2. The van der Waals surface area contributed by atoms with E-state index in [-0.39, 0.29) is 11.9 Å². The van der Waals surface area contributed by atoms with E-state index < -0.39 is 0 Å². The number of nitrogen functional groups attached to an aromatic ring is 1. The van der Waals surface area contributed by atoms with Gasteiger partial charge in [0.05, 0.1) is 0 Å². The van der Waals surface area contributed by atoms with Crippen LogP contribution in [0.15, 0.2) is 12.3 Å². The summed E-state index contributed by atoms with van der Waals surface area (Å²) in [6.07, 6.45) is 3.86. The number of carbonyl (C=O) groups excluding carboxylic acids is 1. The average Bonchev–Trinajstić information content (AvgIpc) is 2.63. The van der Waals surface area contributed by atoms with E-state index in [0.29, 0.717) is 12.2 Å². The molecule has 15 heavy (non-hydrogen) atoms. The Labute approximate surface area is 88.0 Å². The molecule has 0 bridgehead atoms. The van der Waals surface area contributed by atoms with E-state index in [4.69, 9.17) is 11.1 Å². The molecule has 0 fully saturated rings. The second kappa shape index (κ2) is 5.14. The van der Waals surface area contributed by atoms with Crippen molar-refractivity contribution in [1.82, 2.24) is 9.78 Å². The van der Waals surface area contributed by atoms with Gasteiger partial charge in [-0.3, -0.25) is 10.2 Å². The maximum absolute atomic E-state index is 11.3. The molecule has 0 aliphatic rings. The molecule has 0 aliphatic carbocycles. The van der Waals surface area contributed by atoms with Gasteiger partial charge in [0, 0.05) is 18.7 Å². The Morgan fingerprint density at radius 3 is 3.00 bits per heavy atom. The van der Waals surface area contributed by atoms with Gasteiger partial charge in [0.2, 0.25) is 11.9 Å². The van der Waals surface area contributed by atoms with E-state index >= 15 is 0 Å². The van der Waals surface area contributed by atoms with Gasteiger partial charge in [0.15, 0.2) is 5.82 Å². The molecule has 0 spiro atoms. The van der Waals surface area contributed by atoms with Crippen LogP contribution in [0.25, 0.3) is 0 Å². The van der Waals surface area contributed by atoms with Crippen LogP contribution >= 0.6 is 0 Å². The minimum absolute atomic E-state index is 0.0642. The standard InChI is InChI=1S/C9H15N5O/c1-2-3-4-8(15)12-7-5-6-14(13-7)9(10)11/h5-6H,2-4H2,1H3,(H3,10,11)(H,12,13,15). The van der Waals surface area contributed by atoms with Crippen LogP contribution in [0.4, 0.5) is 5.82 Å². The second-order valence-corrected chi connectivity index (χ2v) is 3.18. The number of unbranched alkanes of at least 4 members (excludes halogenated alkanes) is 1. The topological polar surface area (TPSA) is 96.8 Å². The summed E-state index contributed by atoms with van der Waals surface area (Å²) in [5.41, 5.74) is 5.21. The molecule has 6 nitrogen and oxygen atoms in total. The van der Waals surface area contributed by atoms with Crippen LogP contribution in [0.5, 0.6) is 0 Å². The normalized spacial score (nSPS) is 9.93. The number of carbonyl (C=O) groups is 1. The fourth-order valence-electron chi connectivity index (χ4n) is 1.07. The van der Waals surface area contributed by atoms with E-state index in [9.17, 15) is 4.79 Å². The van der Waals surface area contributed by atoms with Gasteiger partial charge in [-0.05, 0) is 6.42 Å². The number of hydrogen-bond donors (Lipinski definition) is 3. The zero-order valence-corrected chi connectivity index (χ0v) is 8.66. The number of rotatable bonds is 4. The van der Waals surface area contributed by atoms with Crippen molar-refractivity contribution in [3.05, 3.63) is 12.3 Å². The number of hydrogen-bond acceptors (Lipinski definition) is 3. The Bertz CT molecular complexity index is 357. The van der Waals surface area contributed by atoms with Crippen LogP contribution in [0.2, 0.25) is 0 Å². The van der Waals surface area contributed by atoms with Crippen molar-refractivity contribution in [2.24, 2.45) is 5.73 Å². The molecule has 1 amide bonds. The SMILES string of the molecule is CCCCC(=O)Nc1ccn(C(=N)N)n1. The second-order valence-electron chi connectivity index (χ2n) is 3.18. The Hall–Kier alpha value is -1.85. The van der Waals surface area contributed by atoms with Crippen molar-refractivity contribution < 1.29 is 4.79 Å². The largest absolute Gasteiger partial charge is 0.368 e. The summed E-state index contributed by atoms with van der Waals surface area (Å²) in [5, 5.41) is 13.6. The first-order valence-corrected chi connectivity index (χ1v) is 4.83. The van der Waals surface area contributed by atoms with Crippen LogP contribution in [-0.4, -0.2) is 21.6 Å². The van der Waals surface area contributed by atoms with Gasteiger partial charge < -0.3 is 11.1 Å². The van der Waals surface area contributed by atoms with E-state index in [1.54, 1.807) is 6.07 Å². The Balaban J connectivity index is 2.50. The fraction of sp³-hybridized carbons (Fsp3) is 0.444. The van der Waals surface area contributed by atoms with Gasteiger partial charge in [-0.15, -0.1) is 5.10 Å². The third kappa shape index (κ3) is 3.41. The molecule has 4 N–H and O–H groups in total. The van der Waals surface area contributed by atoms with Gasteiger partial charge >= 0.3 is 0 Å². The van der Waals surface area contributed by atoms with Crippen molar-refractivity contribution in [3.8, 4) is 0 Å². The van der Waals surface area contributed by atoms with Crippen molar-refractivity contribution in [3.63, 3.8) is 0 Å². The number of aromatic nitrogens is 2. The molecule has 82 valence electrons. The lowest BCUT2D eigenvalue weighted by molar-refractivity contribution is -0.116. The molecule has 1 heterocycles. The Morgan fingerprint density at radius 1 is 1.73 bits per heavy atom. The van der Waals surface area contributed by atoms with E-state index in [1.807, 2.05) is 6.92 Å². The van der Waals surface area contributed by atoms with Gasteiger partial charge in [-0.1, -0.05) is 13.3 Å². The highest BCUT2D eigenvalue weighted by molar-refractivity contribution is 5.90. The summed E-state index contributed by atoms with van der Waals surface area (Å²) in [5.74, 6) is 0.181. The minimum atomic E-state index is -0.177. The number of amides is 1. The van der Waals surface area contributed by atoms with E-state index in [0.717, 1.165) is 12.8 Å². The molecule has 0 unspecified atom stereocenters. The van der Waals surface area contributed by atoms with E-state index in [2.05, 4.69) is 10.4 Å². The van der Waals surface area contributed by atoms with Crippen molar-refractivity contribution in [1.29, 1.82) is 5.41 Å². The third-order valence-corrected chi connectivity index (χ3v) is 1.86. The number of nitrogens with two attached hydrogens (primary N) is 1. The molecule has 1 aromatic rings. The van der Waals surface area contributed by atoms with Gasteiger partial charge in [-0.25, -0.2) is 4.68 Å². The van der Waals surface area contributed by atoms with Gasteiger partial charge in [-0.2, -0.15) is 0 Å². The highest BCUT2D eigenvalue weighted by Crippen LogP contribution is 2.03.